The number of aromatic nitrogens is 2. The molecular weight excluding hydrogens is 527 g/mol. The van der Waals surface area contributed by atoms with Gasteiger partial charge in [-0.2, -0.15) is 13.2 Å². The molecule has 4 aromatic rings. The number of carboxylic acids is 1. The van der Waals surface area contributed by atoms with Crippen molar-refractivity contribution >= 4 is 34.2 Å². The number of hydrogen-bond acceptors (Lipinski definition) is 4. The van der Waals surface area contributed by atoms with E-state index in [2.05, 4.69) is 5.32 Å². The van der Waals surface area contributed by atoms with Crippen molar-refractivity contribution < 1.29 is 27.9 Å². The Morgan fingerprint density at radius 1 is 1.08 bits per heavy atom. The first kappa shape index (κ1) is 26.9. The lowest BCUT2D eigenvalue weighted by molar-refractivity contribution is -0.193. The number of nitrogens with one attached hydrogen (secondary N) is 1. The molecule has 1 aliphatic rings. The van der Waals surface area contributed by atoms with Crippen LogP contribution in [0.3, 0.4) is 0 Å². The van der Waals surface area contributed by atoms with Crippen LogP contribution in [0.1, 0.15) is 58.3 Å². The molecule has 1 fully saturated rings. The number of imidazole rings is 1. The first-order chi connectivity index (χ1) is 18.7. The lowest BCUT2D eigenvalue weighted by atomic mass is 9.83. The lowest BCUT2D eigenvalue weighted by Crippen LogP contribution is -2.42. The van der Waals surface area contributed by atoms with Gasteiger partial charge < -0.3 is 15.0 Å². The van der Waals surface area contributed by atoms with Gasteiger partial charge in [-0.05, 0) is 48.1 Å². The largest absolute Gasteiger partial charge is 0.480 e. The molecule has 0 spiro atoms. The third-order valence-corrected chi connectivity index (χ3v) is 8.18. The minimum atomic E-state index is -4.33. The lowest BCUT2D eigenvalue weighted by Gasteiger charge is -2.35. The van der Waals surface area contributed by atoms with E-state index in [0.29, 0.717) is 42.5 Å². The van der Waals surface area contributed by atoms with Crippen molar-refractivity contribution in [3.8, 4) is 0 Å². The maximum atomic E-state index is 14.1. The summed E-state index contributed by atoms with van der Waals surface area (Å²) >= 11 is 1.51. The maximum Gasteiger partial charge on any atom is 0.393 e. The van der Waals surface area contributed by atoms with Crippen molar-refractivity contribution in [1.82, 2.24) is 14.9 Å². The smallest absolute Gasteiger partial charge is 0.393 e. The van der Waals surface area contributed by atoms with Crippen LogP contribution in [0.5, 0.6) is 0 Å². The summed E-state index contributed by atoms with van der Waals surface area (Å²) in [6.07, 6.45) is -2.12. The zero-order chi connectivity index (χ0) is 27.6. The standard InChI is InChI=1S/C29H28F3N3O3S/c30-29(31,32)21-10-4-5-11-24(21)35-25-13-12-19(16-22(25)33-26(35)17-20-9-6-14-39-20)27(36)34-23(28(37)38)15-18-7-2-1-3-8-18/h1-3,6-9,12-14,16,21,23-24H,4-5,10-11,15,17H2,(H,34,36)(H,37,38). The molecular formula is C29H28F3N3O3S. The molecule has 0 radical (unpaired) electrons. The van der Waals surface area contributed by atoms with Crippen LogP contribution >= 0.6 is 11.3 Å². The van der Waals surface area contributed by atoms with E-state index in [0.717, 1.165) is 10.4 Å². The van der Waals surface area contributed by atoms with Gasteiger partial charge in [-0.15, -0.1) is 11.3 Å². The number of carbonyl (C=O) groups is 2. The highest BCUT2D eigenvalue weighted by Gasteiger charge is 2.47. The third-order valence-electron chi connectivity index (χ3n) is 7.30. The van der Waals surface area contributed by atoms with E-state index in [4.69, 9.17) is 4.98 Å². The molecule has 2 aromatic heterocycles. The molecule has 204 valence electrons. The van der Waals surface area contributed by atoms with E-state index in [1.165, 1.54) is 23.5 Å². The number of aliphatic carboxylic acids is 1. The van der Waals surface area contributed by atoms with Gasteiger partial charge in [0, 0.05) is 29.3 Å². The monoisotopic (exact) mass is 555 g/mol. The van der Waals surface area contributed by atoms with Gasteiger partial charge >= 0.3 is 12.1 Å². The van der Waals surface area contributed by atoms with E-state index in [1.807, 2.05) is 23.6 Å². The number of carboxylic acid groups (broad SMARTS) is 1. The van der Waals surface area contributed by atoms with Gasteiger partial charge in [0.1, 0.15) is 11.9 Å². The number of amides is 1. The molecule has 39 heavy (non-hydrogen) atoms. The Hall–Kier alpha value is -3.66. The van der Waals surface area contributed by atoms with Crippen LogP contribution in [0.15, 0.2) is 66.0 Å². The van der Waals surface area contributed by atoms with E-state index in [1.54, 1.807) is 34.9 Å². The van der Waals surface area contributed by atoms with Crippen molar-refractivity contribution in [2.45, 2.75) is 56.8 Å². The molecule has 1 aliphatic carbocycles. The minimum absolute atomic E-state index is 0.0742. The van der Waals surface area contributed by atoms with Crippen LogP contribution in [0.2, 0.25) is 0 Å². The topological polar surface area (TPSA) is 84.2 Å². The summed E-state index contributed by atoms with van der Waals surface area (Å²) in [7, 11) is 0. The quantitative estimate of drug-likeness (QED) is 0.263. The molecule has 5 rings (SSSR count). The molecule has 2 aromatic carbocycles. The number of nitrogens with zero attached hydrogens (tertiary/aromatic N) is 2. The second-order valence-electron chi connectivity index (χ2n) is 9.91. The molecule has 1 amide bonds. The van der Waals surface area contributed by atoms with Gasteiger partial charge in [-0.25, -0.2) is 9.78 Å². The van der Waals surface area contributed by atoms with Crippen LogP contribution in [0.25, 0.3) is 11.0 Å². The van der Waals surface area contributed by atoms with Crippen molar-refractivity contribution in [3.63, 3.8) is 0 Å². The molecule has 2 heterocycles. The second kappa shape index (κ2) is 11.2. The normalized spacial score (nSPS) is 18.6. The molecule has 10 heteroatoms. The van der Waals surface area contributed by atoms with Gasteiger partial charge in [0.2, 0.25) is 0 Å². The number of alkyl halides is 3. The summed E-state index contributed by atoms with van der Waals surface area (Å²) in [5, 5.41) is 14.2. The molecule has 2 N–H and O–H groups in total. The van der Waals surface area contributed by atoms with Gasteiger partial charge in [0.25, 0.3) is 5.91 Å². The van der Waals surface area contributed by atoms with Crippen molar-refractivity contribution in [1.29, 1.82) is 0 Å². The summed E-state index contributed by atoms with van der Waals surface area (Å²) in [5.74, 6) is -2.69. The number of fused-ring (bicyclic) bond motifs is 1. The summed E-state index contributed by atoms with van der Waals surface area (Å²) in [4.78, 5) is 30.6. The van der Waals surface area contributed by atoms with E-state index in [-0.39, 0.29) is 18.4 Å². The predicted octanol–water partition coefficient (Wildman–Crippen LogP) is 6.41. The zero-order valence-corrected chi connectivity index (χ0v) is 21.8. The average Bonchev–Trinajstić information content (AvgIpc) is 3.55. The van der Waals surface area contributed by atoms with E-state index < -0.39 is 36.1 Å². The Morgan fingerprint density at radius 2 is 1.85 bits per heavy atom. The zero-order valence-electron chi connectivity index (χ0n) is 21.0. The first-order valence-corrected chi connectivity index (χ1v) is 13.8. The number of thiophene rings is 1. The summed E-state index contributed by atoms with van der Waals surface area (Å²) in [6, 6.07) is 15.6. The highest BCUT2D eigenvalue weighted by molar-refractivity contribution is 7.09. The fourth-order valence-corrected chi connectivity index (χ4v) is 6.15. The van der Waals surface area contributed by atoms with Crippen molar-refractivity contribution in [3.05, 3.63) is 87.9 Å². The number of rotatable bonds is 8. The van der Waals surface area contributed by atoms with Gasteiger partial charge in [-0.3, -0.25) is 4.79 Å². The molecule has 0 aliphatic heterocycles. The Bertz CT molecular complexity index is 1450. The molecule has 1 saturated carbocycles. The van der Waals surface area contributed by atoms with Crippen LogP contribution < -0.4 is 5.32 Å². The second-order valence-corrected chi connectivity index (χ2v) is 10.9. The number of hydrogen-bond donors (Lipinski definition) is 2. The summed E-state index contributed by atoms with van der Waals surface area (Å²) in [5.41, 5.74) is 1.92. The highest BCUT2D eigenvalue weighted by atomic mass is 32.1. The summed E-state index contributed by atoms with van der Waals surface area (Å²) in [6.45, 7) is 0. The van der Waals surface area contributed by atoms with Crippen LogP contribution in [0.4, 0.5) is 13.2 Å². The molecule has 3 atom stereocenters. The van der Waals surface area contributed by atoms with Gasteiger partial charge in [-0.1, -0.05) is 49.2 Å². The van der Waals surface area contributed by atoms with Crippen LogP contribution in [-0.4, -0.2) is 38.8 Å². The third kappa shape index (κ3) is 6.00. The molecule has 0 saturated heterocycles. The van der Waals surface area contributed by atoms with Crippen molar-refractivity contribution in [2.75, 3.05) is 0 Å². The van der Waals surface area contributed by atoms with Gasteiger partial charge in [0.05, 0.1) is 17.0 Å². The number of halogens is 3. The number of carbonyl (C=O) groups excluding carboxylic acids is 1. The van der Waals surface area contributed by atoms with Gasteiger partial charge in [0.15, 0.2) is 0 Å². The maximum absolute atomic E-state index is 14.1. The first-order valence-electron chi connectivity index (χ1n) is 12.9. The molecule has 3 unspecified atom stereocenters. The fraction of sp³-hybridized carbons (Fsp3) is 0.345. The predicted molar refractivity (Wildman–Crippen MR) is 143 cm³/mol. The molecule has 0 bridgehead atoms. The Morgan fingerprint density at radius 3 is 2.54 bits per heavy atom. The average molecular weight is 556 g/mol. The van der Waals surface area contributed by atoms with Crippen LogP contribution in [0, 0.1) is 5.92 Å². The van der Waals surface area contributed by atoms with Crippen LogP contribution in [-0.2, 0) is 17.6 Å². The Kier molecular flexibility index (Phi) is 7.74. The Labute approximate surface area is 227 Å². The Balaban J connectivity index is 1.48. The van der Waals surface area contributed by atoms with Crippen molar-refractivity contribution in [2.24, 2.45) is 5.92 Å². The minimum Gasteiger partial charge on any atom is -0.480 e. The van der Waals surface area contributed by atoms with E-state index >= 15 is 0 Å². The fourth-order valence-electron chi connectivity index (χ4n) is 5.45. The highest BCUT2D eigenvalue weighted by Crippen LogP contribution is 2.45. The SMILES string of the molecule is O=C(NC(Cc1ccccc1)C(=O)O)c1ccc2c(c1)nc(Cc1cccs1)n2C1CCCCC1C(F)(F)F. The molecule has 6 nitrogen and oxygen atoms in total. The summed E-state index contributed by atoms with van der Waals surface area (Å²) < 4.78 is 43.9. The van der Waals surface area contributed by atoms with E-state index in [9.17, 15) is 27.9 Å². The number of benzene rings is 2.